The van der Waals surface area contributed by atoms with Crippen molar-refractivity contribution < 1.29 is 4.79 Å². The number of hydrogen-bond acceptors (Lipinski definition) is 3. The molecule has 1 saturated carbocycles. The number of amides is 1. The average Bonchev–Trinajstić information content (AvgIpc) is 2.36. The van der Waals surface area contributed by atoms with Crippen LogP contribution in [-0.2, 0) is 4.79 Å². The fourth-order valence-corrected chi connectivity index (χ4v) is 2.60. The Morgan fingerprint density at radius 3 is 2.44 bits per heavy atom. The number of hydrogen-bond donors (Lipinski definition) is 2. The first-order chi connectivity index (χ1) is 8.49. The molecule has 0 aliphatic heterocycles. The first-order valence-corrected chi connectivity index (χ1v) is 7.12. The van der Waals surface area contributed by atoms with Crippen molar-refractivity contribution in [3.05, 3.63) is 0 Å². The molecule has 1 rings (SSSR count). The predicted molar refractivity (Wildman–Crippen MR) is 75.3 cm³/mol. The van der Waals surface area contributed by atoms with E-state index >= 15 is 0 Å². The Kier molecular flexibility index (Phi) is 6.09. The van der Waals surface area contributed by atoms with Crippen molar-refractivity contribution >= 4 is 5.91 Å². The van der Waals surface area contributed by atoms with Gasteiger partial charge in [-0.25, -0.2) is 0 Å². The number of carbonyl (C=O) groups is 1. The molecule has 0 saturated heterocycles. The summed E-state index contributed by atoms with van der Waals surface area (Å²) in [4.78, 5) is 14.1. The van der Waals surface area contributed by atoms with Crippen LogP contribution in [0.3, 0.4) is 0 Å². The largest absolute Gasteiger partial charge is 0.355 e. The van der Waals surface area contributed by atoms with Crippen LogP contribution in [0.1, 0.15) is 45.4 Å². The third-order valence-corrected chi connectivity index (χ3v) is 4.36. The Labute approximate surface area is 111 Å². The summed E-state index contributed by atoms with van der Waals surface area (Å²) in [6.45, 7) is 3.47. The van der Waals surface area contributed by atoms with E-state index in [2.05, 4.69) is 17.1 Å². The van der Waals surface area contributed by atoms with Gasteiger partial charge < -0.3 is 16.0 Å². The minimum atomic E-state index is 0.0731. The molecule has 4 heteroatoms. The minimum Gasteiger partial charge on any atom is -0.355 e. The van der Waals surface area contributed by atoms with E-state index in [1.54, 1.807) is 0 Å². The van der Waals surface area contributed by atoms with Crippen LogP contribution in [0.2, 0.25) is 0 Å². The van der Waals surface area contributed by atoms with Gasteiger partial charge in [0.25, 0.3) is 0 Å². The standard InChI is InChI=1S/C14H29N3O/c1-12(17(2)3)10-16-13(18)9-14(11-15)7-5-4-6-8-14/h12H,4-11,15H2,1-3H3,(H,16,18). The molecular weight excluding hydrogens is 226 g/mol. The van der Waals surface area contributed by atoms with E-state index in [0.29, 0.717) is 25.6 Å². The van der Waals surface area contributed by atoms with Crippen LogP contribution < -0.4 is 11.1 Å². The van der Waals surface area contributed by atoms with Gasteiger partial charge in [-0.1, -0.05) is 19.3 Å². The Hall–Kier alpha value is -0.610. The van der Waals surface area contributed by atoms with E-state index in [4.69, 9.17) is 5.73 Å². The van der Waals surface area contributed by atoms with Crippen molar-refractivity contribution in [1.29, 1.82) is 0 Å². The lowest BCUT2D eigenvalue weighted by molar-refractivity contribution is -0.124. The second-order valence-electron chi connectivity index (χ2n) is 6.06. The second kappa shape index (κ2) is 7.10. The third kappa shape index (κ3) is 4.58. The van der Waals surface area contributed by atoms with Gasteiger partial charge in [0.05, 0.1) is 0 Å². The van der Waals surface area contributed by atoms with Crippen LogP contribution in [-0.4, -0.2) is 44.0 Å². The summed E-state index contributed by atoms with van der Waals surface area (Å²) < 4.78 is 0. The highest BCUT2D eigenvalue weighted by Gasteiger charge is 2.32. The topological polar surface area (TPSA) is 58.4 Å². The fraction of sp³-hybridized carbons (Fsp3) is 0.929. The molecular formula is C14H29N3O. The highest BCUT2D eigenvalue weighted by molar-refractivity contribution is 5.76. The summed E-state index contributed by atoms with van der Waals surface area (Å²) in [7, 11) is 4.05. The zero-order chi connectivity index (χ0) is 13.6. The maximum Gasteiger partial charge on any atom is 0.220 e. The van der Waals surface area contributed by atoms with Crippen molar-refractivity contribution in [2.45, 2.75) is 51.5 Å². The van der Waals surface area contributed by atoms with Crippen LogP contribution in [0.25, 0.3) is 0 Å². The molecule has 1 amide bonds. The zero-order valence-electron chi connectivity index (χ0n) is 12.2. The quantitative estimate of drug-likeness (QED) is 0.753. The highest BCUT2D eigenvalue weighted by Crippen LogP contribution is 2.38. The molecule has 0 heterocycles. The van der Waals surface area contributed by atoms with Crippen LogP contribution in [0.4, 0.5) is 0 Å². The van der Waals surface area contributed by atoms with Crippen LogP contribution >= 0.6 is 0 Å². The summed E-state index contributed by atoms with van der Waals surface area (Å²) >= 11 is 0. The van der Waals surface area contributed by atoms with Crippen molar-refractivity contribution in [2.75, 3.05) is 27.2 Å². The summed E-state index contributed by atoms with van der Waals surface area (Å²) in [5, 5.41) is 3.03. The first kappa shape index (κ1) is 15.4. The molecule has 1 aliphatic carbocycles. The Morgan fingerprint density at radius 1 is 1.33 bits per heavy atom. The number of nitrogens with one attached hydrogen (secondary N) is 1. The van der Waals surface area contributed by atoms with E-state index in [1.165, 1.54) is 19.3 Å². The van der Waals surface area contributed by atoms with Gasteiger partial charge in [0.15, 0.2) is 0 Å². The molecule has 3 N–H and O–H groups in total. The fourth-order valence-electron chi connectivity index (χ4n) is 2.60. The van der Waals surface area contributed by atoms with Crippen molar-refractivity contribution in [1.82, 2.24) is 10.2 Å². The first-order valence-electron chi connectivity index (χ1n) is 7.12. The van der Waals surface area contributed by atoms with Crippen molar-refractivity contribution in [3.8, 4) is 0 Å². The number of rotatable bonds is 6. The lowest BCUT2D eigenvalue weighted by atomic mass is 9.71. The molecule has 0 aromatic rings. The minimum absolute atomic E-state index is 0.0731. The zero-order valence-corrected chi connectivity index (χ0v) is 12.2. The van der Waals surface area contributed by atoms with Gasteiger partial charge in [-0.2, -0.15) is 0 Å². The smallest absolute Gasteiger partial charge is 0.220 e. The van der Waals surface area contributed by atoms with Gasteiger partial charge in [-0.3, -0.25) is 4.79 Å². The molecule has 106 valence electrons. The SMILES string of the molecule is CC(CNC(=O)CC1(CN)CCCCC1)N(C)C. The van der Waals surface area contributed by atoms with Gasteiger partial charge in [0, 0.05) is 19.0 Å². The summed E-state index contributed by atoms with van der Waals surface area (Å²) in [5.41, 5.74) is 5.98. The van der Waals surface area contributed by atoms with Crippen molar-refractivity contribution in [2.24, 2.45) is 11.1 Å². The summed E-state index contributed by atoms with van der Waals surface area (Å²) in [6, 6.07) is 0.370. The Morgan fingerprint density at radius 2 is 1.94 bits per heavy atom. The highest BCUT2D eigenvalue weighted by atomic mass is 16.1. The predicted octanol–water partition coefficient (Wildman–Crippen LogP) is 1.35. The third-order valence-electron chi connectivity index (χ3n) is 4.36. The molecule has 0 aromatic heterocycles. The number of likely N-dealkylation sites (N-methyl/N-ethyl adjacent to an activating group) is 1. The molecule has 1 fully saturated rings. The van der Waals surface area contributed by atoms with E-state index < -0.39 is 0 Å². The molecule has 18 heavy (non-hydrogen) atoms. The molecule has 0 aromatic carbocycles. The van der Waals surface area contributed by atoms with Gasteiger partial charge in [0.1, 0.15) is 0 Å². The number of nitrogens with two attached hydrogens (primary N) is 1. The molecule has 1 unspecified atom stereocenters. The van der Waals surface area contributed by atoms with E-state index in [1.807, 2.05) is 14.1 Å². The van der Waals surface area contributed by atoms with Gasteiger partial charge in [-0.15, -0.1) is 0 Å². The van der Waals surface area contributed by atoms with Gasteiger partial charge in [0.2, 0.25) is 5.91 Å². The van der Waals surface area contributed by atoms with Crippen molar-refractivity contribution in [3.63, 3.8) is 0 Å². The molecule has 0 radical (unpaired) electrons. The Bertz CT molecular complexity index is 260. The maximum atomic E-state index is 12.0. The molecule has 1 aliphatic rings. The molecule has 1 atom stereocenters. The van der Waals surface area contributed by atoms with Gasteiger partial charge in [-0.05, 0) is 45.8 Å². The van der Waals surface area contributed by atoms with E-state index in [9.17, 15) is 4.79 Å². The average molecular weight is 255 g/mol. The summed E-state index contributed by atoms with van der Waals surface area (Å²) in [5.74, 6) is 0.163. The second-order valence-corrected chi connectivity index (χ2v) is 6.06. The number of nitrogens with zero attached hydrogens (tertiary/aromatic N) is 1. The normalized spacial score (nSPS) is 20.7. The van der Waals surface area contributed by atoms with Crippen LogP contribution in [0.15, 0.2) is 0 Å². The summed E-state index contributed by atoms with van der Waals surface area (Å²) in [6.07, 6.45) is 6.56. The maximum absolute atomic E-state index is 12.0. The van der Waals surface area contributed by atoms with Crippen LogP contribution in [0, 0.1) is 5.41 Å². The Balaban J connectivity index is 2.38. The molecule has 0 bridgehead atoms. The monoisotopic (exact) mass is 255 g/mol. The molecule has 0 spiro atoms. The van der Waals surface area contributed by atoms with Gasteiger partial charge >= 0.3 is 0 Å². The lowest BCUT2D eigenvalue weighted by Gasteiger charge is -2.35. The van der Waals surface area contributed by atoms with Crippen LogP contribution in [0.5, 0.6) is 0 Å². The van der Waals surface area contributed by atoms with E-state index in [0.717, 1.165) is 12.8 Å². The number of carbonyl (C=O) groups excluding carboxylic acids is 1. The molecule has 4 nitrogen and oxygen atoms in total. The lowest BCUT2D eigenvalue weighted by Crippen LogP contribution is -2.42. The van der Waals surface area contributed by atoms with E-state index in [-0.39, 0.29) is 11.3 Å².